The molecule has 1 N–H and O–H groups in total. The molecule has 0 aromatic carbocycles. The van der Waals surface area contributed by atoms with Crippen molar-refractivity contribution in [3.8, 4) is 0 Å². The largest absolute Gasteiger partial charge is 0.394 e. The fourth-order valence-corrected chi connectivity index (χ4v) is 9.00. The zero-order chi connectivity index (χ0) is 26.1. The van der Waals surface area contributed by atoms with Crippen LogP contribution in [0.25, 0.3) is 0 Å². The average molecular weight is 506 g/mol. The van der Waals surface area contributed by atoms with Crippen LogP contribution in [-0.4, -0.2) is 91.9 Å². The summed E-state index contributed by atoms with van der Waals surface area (Å²) in [6.07, 6.45) is 5.61. The summed E-state index contributed by atoms with van der Waals surface area (Å²) in [7, 11) is 0. The highest BCUT2D eigenvalue weighted by atomic mass is 32.2. The van der Waals surface area contributed by atoms with Crippen LogP contribution in [0.4, 0.5) is 0 Å². The first-order valence-corrected chi connectivity index (χ1v) is 14.0. The molecule has 3 aliphatic heterocycles. The van der Waals surface area contributed by atoms with Crippen molar-refractivity contribution in [2.24, 2.45) is 17.8 Å². The number of hydrogen-bond donors (Lipinski definition) is 1. The molecule has 8 heteroatoms. The summed E-state index contributed by atoms with van der Waals surface area (Å²) in [5.74, 6) is -1.19. The highest BCUT2D eigenvalue weighted by Gasteiger charge is 2.76. The maximum Gasteiger partial charge on any atom is 0.247 e. The fraction of sp³-hybridized carbons (Fsp3) is 0.741. The number of rotatable bonds is 12. The van der Waals surface area contributed by atoms with Gasteiger partial charge >= 0.3 is 0 Å². The van der Waals surface area contributed by atoms with E-state index in [0.717, 1.165) is 12.8 Å². The summed E-state index contributed by atoms with van der Waals surface area (Å²) < 4.78 is -0.678. The van der Waals surface area contributed by atoms with Crippen LogP contribution in [0.15, 0.2) is 25.3 Å². The molecule has 3 heterocycles. The van der Waals surface area contributed by atoms with Gasteiger partial charge in [-0.2, -0.15) is 0 Å². The maximum absolute atomic E-state index is 14.2. The molecule has 196 valence electrons. The predicted molar refractivity (Wildman–Crippen MR) is 141 cm³/mol. The van der Waals surface area contributed by atoms with Crippen molar-refractivity contribution in [3.63, 3.8) is 0 Å². The lowest BCUT2D eigenvalue weighted by Gasteiger charge is -2.43. The summed E-state index contributed by atoms with van der Waals surface area (Å²) in [6, 6.07) is -1.23. The Morgan fingerprint density at radius 2 is 1.89 bits per heavy atom. The average Bonchev–Trinajstić information content (AvgIpc) is 3.41. The van der Waals surface area contributed by atoms with E-state index in [2.05, 4.69) is 20.1 Å². The number of amides is 3. The number of nitrogens with zero attached hydrogens (tertiary/aromatic N) is 3. The van der Waals surface area contributed by atoms with Crippen molar-refractivity contribution in [2.75, 3.05) is 26.2 Å². The molecule has 7 atom stereocenters. The van der Waals surface area contributed by atoms with Crippen molar-refractivity contribution in [1.29, 1.82) is 0 Å². The molecule has 0 aromatic rings. The van der Waals surface area contributed by atoms with Crippen LogP contribution in [0.1, 0.15) is 53.9 Å². The van der Waals surface area contributed by atoms with Gasteiger partial charge in [-0.1, -0.05) is 32.9 Å². The van der Waals surface area contributed by atoms with E-state index in [0.29, 0.717) is 26.1 Å². The van der Waals surface area contributed by atoms with Crippen molar-refractivity contribution in [2.45, 2.75) is 82.0 Å². The molecule has 1 spiro atoms. The fourth-order valence-electron chi connectivity index (χ4n) is 6.61. The van der Waals surface area contributed by atoms with Gasteiger partial charge in [-0.15, -0.1) is 24.9 Å². The first-order valence-electron chi connectivity index (χ1n) is 13.1. The third kappa shape index (κ3) is 4.35. The molecule has 3 unspecified atom stereocenters. The van der Waals surface area contributed by atoms with Gasteiger partial charge in [0, 0.05) is 30.9 Å². The molecular weight excluding hydrogens is 462 g/mol. The van der Waals surface area contributed by atoms with E-state index in [4.69, 9.17) is 0 Å². The second-order valence-corrected chi connectivity index (χ2v) is 12.0. The van der Waals surface area contributed by atoms with Gasteiger partial charge in [0.2, 0.25) is 17.7 Å². The number of aliphatic hydroxyl groups excluding tert-OH is 1. The highest BCUT2D eigenvalue weighted by molar-refractivity contribution is 8.02. The van der Waals surface area contributed by atoms with Crippen LogP contribution in [0.3, 0.4) is 0 Å². The third-order valence-corrected chi connectivity index (χ3v) is 10.2. The van der Waals surface area contributed by atoms with E-state index in [1.54, 1.807) is 33.7 Å². The molecule has 7 nitrogen and oxygen atoms in total. The van der Waals surface area contributed by atoms with Crippen molar-refractivity contribution < 1.29 is 19.5 Å². The van der Waals surface area contributed by atoms with E-state index in [1.807, 2.05) is 32.6 Å². The Balaban J connectivity index is 2.14. The minimum atomic E-state index is -0.707. The number of carbonyl (C=O) groups is 3. The summed E-state index contributed by atoms with van der Waals surface area (Å²) in [5.41, 5.74) is 0. The summed E-state index contributed by atoms with van der Waals surface area (Å²) in [5, 5.41) is 10.2. The highest BCUT2D eigenvalue weighted by Crippen LogP contribution is 2.69. The molecular formula is C27H43N3O4S. The summed E-state index contributed by atoms with van der Waals surface area (Å²) >= 11 is 1.69. The van der Waals surface area contributed by atoms with Gasteiger partial charge in [0.25, 0.3) is 0 Å². The second-order valence-electron chi connectivity index (χ2n) is 10.5. The monoisotopic (exact) mass is 505 g/mol. The van der Waals surface area contributed by atoms with Gasteiger partial charge in [0.15, 0.2) is 0 Å². The minimum absolute atomic E-state index is 0.00622. The molecule has 3 amide bonds. The first kappa shape index (κ1) is 27.8. The smallest absolute Gasteiger partial charge is 0.247 e. The van der Waals surface area contributed by atoms with E-state index in [-0.39, 0.29) is 41.5 Å². The molecule has 0 aliphatic carbocycles. The number of likely N-dealkylation sites (tertiary alicyclic amines) is 1. The van der Waals surface area contributed by atoms with Crippen molar-refractivity contribution >= 4 is 29.5 Å². The number of fused-ring (bicyclic) bond motifs is 1. The molecule has 3 aliphatic rings. The Bertz CT molecular complexity index is 844. The normalized spacial score (nSPS) is 32.0. The lowest BCUT2D eigenvalue weighted by Crippen LogP contribution is -2.60. The van der Waals surface area contributed by atoms with E-state index < -0.39 is 28.7 Å². The molecule has 0 saturated carbocycles. The first-order chi connectivity index (χ1) is 16.7. The molecule has 0 aromatic heterocycles. The standard InChI is InChI=1S/C27H43N3O4S/c1-8-12-28(13-9-2)24(32)21-20-15-18(7)27(35-20)22(21)25(33)30(19(11-4)16-31)23(27)26(34)29(14-10-3)17(5)6/h8,10,17-23,31H,1,3,9,11-16H2,2,4-7H3/t18?,19-,20-,21+,22-,23?,27?/m0/s1. The minimum Gasteiger partial charge on any atom is -0.394 e. The van der Waals surface area contributed by atoms with Gasteiger partial charge in [0.1, 0.15) is 6.04 Å². The molecule has 35 heavy (non-hydrogen) atoms. The van der Waals surface area contributed by atoms with Gasteiger partial charge in [-0.3, -0.25) is 14.4 Å². The summed E-state index contributed by atoms with van der Waals surface area (Å²) in [6.45, 7) is 18.9. The lowest BCUT2D eigenvalue weighted by atomic mass is 9.65. The SMILES string of the molecule is C=CCN(CCC)C(=O)[C@@H]1[C@@H]2CC(C)C3(S2)C(C(=O)N(CC=C)C(C)C)N([C@@H](CC)CO)C(=O)[C@H]13. The van der Waals surface area contributed by atoms with Gasteiger partial charge in [-0.05, 0) is 39.0 Å². The molecule has 3 saturated heterocycles. The Labute approximate surface area is 215 Å². The number of aliphatic hydroxyl groups is 1. The van der Waals surface area contributed by atoms with Crippen LogP contribution in [0.5, 0.6) is 0 Å². The zero-order valence-corrected chi connectivity index (χ0v) is 22.8. The maximum atomic E-state index is 14.2. The van der Waals surface area contributed by atoms with Gasteiger partial charge in [-0.25, -0.2) is 0 Å². The van der Waals surface area contributed by atoms with E-state index in [1.165, 1.54) is 0 Å². The van der Waals surface area contributed by atoms with Gasteiger partial charge in [0.05, 0.1) is 29.2 Å². The van der Waals surface area contributed by atoms with E-state index in [9.17, 15) is 19.5 Å². The molecule has 2 bridgehead atoms. The van der Waals surface area contributed by atoms with Crippen LogP contribution < -0.4 is 0 Å². The van der Waals surface area contributed by atoms with Crippen molar-refractivity contribution in [3.05, 3.63) is 25.3 Å². The van der Waals surface area contributed by atoms with E-state index >= 15 is 0 Å². The quantitative estimate of drug-likeness (QED) is 0.413. The Morgan fingerprint density at radius 3 is 2.40 bits per heavy atom. The zero-order valence-electron chi connectivity index (χ0n) is 22.0. The summed E-state index contributed by atoms with van der Waals surface area (Å²) in [4.78, 5) is 47.6. The van der Waals surface area contributed by atoms with Crippen LogP contribution in [0.2, 0.25) is 0 Å². The Hall–Kier alpha value is -1.80. The van der Waals surface area contributed by atoms with Crippen LogP contribution >= 0.6 is 11.8 Å². The third-order valence-electron chi connectivity index (χ3n) is 8.16. The Morgan fingerprint density at radius 1 is 1.23 bits per heavy atom. The predicted octanol–water partition coefficient (Wildman–Crippen LogP) is 2.94. The molecule has 3 fully saturated rings. The lowest BCUT2D eigenvalue weighted by molar-refractivity contribution is -0.147. The van der Waals surface area contributed by atoms with Crippen LogP contribution in [-0.2, 0) is 14.4 Å². The second kappa shape index (κ2) is 11.1. The van der Waals surface area contributed by atoms with Crippen LogP contribution in [0, 0.1) is 17.8 Å². The molecule has 3 rings (SSSR count). The van der Waals surface area contributed by atoms with Crippen molar-refractivity contribution in [1.82, 2.24) is 14.7 Å². The molecule has 0 radical (unpaired) electrons. The number of hydrogen-bond acceptors (Lipinski definition) is 5. The van der Waals surface area contributed by atoms with Gasteiger partial charge < -0.3 is 19.8 Å². The topological polar surface area (TPSA) is 81.2 Å². The Kier molecular flexibility index (Phi) is 8.79. The number of thioether (sulfide) groups is 1. The number of carbonyl (C=O) groups excluding carboxylic acids is 3.